The molecule has 1 nitrogen and oxygen atoms in total. The van der Waals surface area contributed by atoms with Crippen LogP contribution in [0.15, 0.2) is 46.3 Å². The van der Waals surface area contributed by atoms with E-state index in [1.54, 1.807) is 18.2 Å². The van der Waals surface area contributed by atoms with E-state index in [1.807, 2.05) is 0 Å². The van der Waals surface area contributed by atoms with Gasteiger partial charge in [0.15, 0.2) is 23.3 Å². The number of fused-ring (bicyclic) bond motifs is 1. The molecule has 1 heterocycles. The van der Waals surface area contributed by atoms with Gasteiger partial charge in [-0.15, -0.1) is 0 Å². The van der Waals surface area contributed by atoms with E-state index in [9.17, 15) is 30.7 Å². The first-order valence-electron chi connectivity index (χ1n) is 6.66. The Morgan fingerprint density at radius 3 is 2.00 bits per heavy atom. The van der Waals surface area contributed by atoms with Crippen LogP contribution in [0.5, 0.6) is 0 Å². The molecule has 0 spiro atoms. The zero-order valence-corrected chi connectivity index (χ0v) is 12.8. The Morgan fingerprint density at radius 2 is 1.40 bits per heavy atom. The molecule has 1 aromatic heterocycles. The summed E-state index contributed by atoms with van der Waals surface area (Å²) in [6, 6.07) is 7.79. The summed E-state index contributed by atoms with van der Waals surface area (Å²) in [5.41, 5.74) is -2.31. The maximum Gasteiger partial charge on any atom is 0.422 e. The Kier molecular flexibility index (Phi) is 4.36. The van der Waals surface area contributed by atoms with Crippen molar-refractivity contribution in [2.24, 2.45) is 0 Å². The highest BCUT2D eigenvalue weighted by Crippen LogP contribution is 2.42. The van der Waals surface area contributed by atoms with Crippen LogP contribution in [-0.4, -0.2) is 4.98 Å². The Balaban J connectivity index is 2.19. The van der Waals surface area contributed by atoms with Crippen molar-refractivity contribution >= 4 is 22.7 Å². The fourth-order valence-corrected chi connectivity index (χ4v) is 3.21. The average Bonchev–Trinajstić information content (AvgIpc) is 2.56. The first kappa shape index (κ1) is 17.5. The van der Waals surface area contributed by atoms with Crippen LogP contribution in [0.25, 0.3) is 10.9 Å². The summed E-state index contributed by atoms with van der Waals surface area (Å²) in [5.74, 6) is -9.18. The van der Waals surface area contributed by atoms with E-state index >= 15 is 0 Å². The van der Waals surface area contributed by atoms with Gasteiger partial charge >= 0.3 is 6.18 Å². The Morgan fingerprint density at radius 1 is 0.800 bits per heavy atom. The van der Waals surface area contributed by atoms with E-state index in [4.69, 9.17) is 0 Å². The molecule has 25 heavy (non-hydrogen) atoms. The Labute approximate surface area is 140 Å². The van der Waals surface area contributed by atoms with E-state index < -0.39 is 39.9 Å². The molecule has 0 saturated heterocycles. The standard InChI is InChI=1S/C16H6F7NS/c17-10-9(16(21,22)23)11(18)13(20)15(12(10)19)25-8-5-1-3-7-4-2-6-24-14(7)8/h1-6H. The summed E-state index contributed by atoms with van der Waals surface area (Å²) < 4.78 is 93.2. The molecule has 0 aliphatic rings. The molecule has 9 heteroatoms. The number of benzene rings is 2. The Hall–Kier alpha value is -2.29. The quantitative estimate of drug-likeness (QED) is 0.404. The highest BCUT2D eigenvalue weighted by Gasteiger charge is 2.42. The third-order valence-electron chi connectivity index (χ3n) is 3.31. The minimum Gasteiger partial charge on any atom is -0.255 e. The number of hydrogen-bond donors (Lipinski definition) is 0. The molecule has 0 radical (unpaired) electrons. The van der Waals surface area contributed by atoms with Gasteiger partial charge in [-0.2, -0.15) is 13.2 Å². The number of halogens is 7. The minimum absolute atomic E-state index is 0.134. The van der Waals surface area contributed by atoms with Crippen molar-refractivity contribution in [1.29, 1.82) is 0 Å². The molecule has 2 aromatic carbocycles. The fraction of sp³-hybridized carbons (Fsp3) is 0.0625. The maximum atomic E-state index is 14.0. The van der Waals surface area contributed by atoms with Crippen molar-refractivity contribution in [1.82, 2.24) is 4.98 Å². The second-order valence-electron chi connectivity index (χ2n) is 4.89. The molecule has 0 saturated carbocycles. The smallest absolute Gasteiger partial charge is 0.255 e. The summed E-state index contributed by atoms with van der Waals surface area (Å²) >= 11 is 0.258. The lowest BCUT2D eigenvalue weighted by atomic mass is 10.1. The number of rotatable bonds is 2. The minimum atomic E-state index is -5.57. The summed E-state index contributed by atoms with van der Waals surface area (Å²) in [6.45, 7) is 0. The van der Waals surface area contributed by atoms with Crippen LogP contribution in [0.1, 0.15) is 5.56 Å². The SMILES string of the molecule is Fc1c(F)c(C(F)(F)F)c(F)c(F)c1Sc1cccc2cccnc12. The van der Waals surface area contributed by atoms with Gasteiger partial charge in [-0.1, -0.05) is 30.0 Å². The monoisotopic (exact) mass is 377 g/mol. The van der Waals surface area contributed by atoms with Crippen molar-refractivity contribution in [2.45, 2.75) is 16.0 Å². The summed E-state index contributed by atoms with van der Waals surface area (Å²) in [5, 5.41) is 0.584. The lowest BCUT2D eigenvalue weighted by Gasteiger charge is -2.14. The van der Waals surface area contributed by atoms with Gasteiger partial charge in [0.1, 0.15) is 5.56 Å². The van der Waals surface area contributed by atoms with Crippen LogP contribution in [0.4, 0.5) is 30.7 Å². The van der Waals surface area contributed by atoms with Crippen molar-refractivity contribution in [3.8, 4) is 0 Å². The third-order valence-corrected chi connectivity index (χ3v) is 4.43. The number of para-hydroxylation sites is 1. The molecule has 0 N–H and O–H groups in total. The van der Waals surface area contributed by atoms with Gasteiger partial charge in [0.2, 0.25) is 0 Å². The molecular formula is C16H6F7NS. The van der Waals surface area contributed by atoms with Gasteiger partial charge < -0.3 is 0 Å². The topological polar surface area (TPSA) is 12.9 Å². The van der Waals surface area contributed by atoms with Gasteiger partial charge in [-0.05, 0) is 12.1 Å². The summed E-state index contributed by atoms with van der Waals surface area (Å²) in [7, 11) is 0. The molecule has 0 aliphatic heterocycles. The summed E-state index contributed by atoms with van der Waals surface area (Å²) in [4.78, 5) is 2.93. The van der Waals surface area contributed by atoms with Crippen LogP contribution >= 0.6 is 11.8 Å². The van der Waals surface area contributed by atoms with E-state index in [1.165, 1.54) is 18.3 Å². The molecular weight excluding hydrogens is 371 g/mol. The first-order valence-corrected chi connectivity index (χ1v) is 7.48. The predicted molar refractivity (Wildman–Crippen MR) is 77.1 cm³/mol. The number of aromatic nitrogens is 1. The molecule has 0 atom stereocenters. The van der Waals surface area contributed by atoms with Gasteiger partial charge in [0.25, 0.3) is 0 Å². The zero-order valence-electron chi connectivity index (χ0n) is 12.0. The molecule has 0 fully saturated rings. The number of pyridine rings is 1. The molecule has 0 unspecified atom stereocenters. The lowest BCUT2D eigenvalue weighted by molar-refractivity contribution is -0.143. The first-order chi connectivity index (χ1) is 11.7. The van der Waals surface area contributed by atoms with Crippen molar-refractivity contribution in [3.63, 3.8) is 0 Å². The molecule has 130 valence electrons. The van der Waals surface area contributed by atoms with Gasteiger partial charge in [-0.3, -0.25) is 4.98 Å². The normalized spacial score (nSPS) is 12.0. The predicted octanol–water partition coefficient (Wildman–Crippen LogP) is 5.96. The largest absolute Gasteiger partial charge is 0.422 e. The number of nitrogens with zero attached hydrogens (tertiary/aromatic N) is 1. The molecule has 3 aromatic rings. The number of alkyl halides is 3. The van der Waals surface area contributed by atoms with Gasteiger partial charge in [0.05, 0.1) is 10.4 Å². The van der Waals surface area contributed by atoms with Crippen molar-refractivity contribution in [3.05, 3.63) is 65.4 Å². The number of hydrogen-bond acceptors (Lipinski definition) is 2. The van der Waals surface area contributed by atoms with E-state index in [0.29, 0.717) is 5.39 Å². The van der Waals surface area contributed by atoms with E-state index in [2.05, 4.69) is 4.98 Å². The van der Waals surface area contributed by atoms with Crippen molar-refractivity contribution < 1.29 is 30.7 Å². The molecule has 0 amide bonds. The Bertz CT molecular complexity index is 934. The van der Waals surface area contributed by atoms with Crippen LogP contribution in [0.3, 0.4) is 0 Å². The second kappa shape index (κ2) is 6.21. The highest BCUT2D eigenvalue weighted by atomic mass is 32.2. The van der Waals surface area contributed by atoms with Crippen LogP contribution < -0.4 is 0 Å². The zero-order chi connectivity index (χ0) is 18.4. The highest BCUT2D eigenvalue weighted by molar-refractivity contribution is 7.99. The fourth-order valence-electron chi connectivity index (χ4n) is 2.22. The van der Waals surface area contributed by atoms with Crippen LogP contribution in [0.2, 0.25) is 0 Å². The van der Waals surface area contributed by atoms with E-state index in [-0.39, 0.29) is 22.2 Å². The second-order valence-corrected chi connectivity index (χ2v) is 5.94. The average molecular weight is 377 g/mol. The van der Waals surface area contributed by atoms with Gasteiger partial charge in [-0.25, -0.2) is 17.6 Å². The summed E-state index contributed by atoms with van der Waals surface area (Å²) in [6.07, 6.45) is -4.17. The lowest BCUT2D eigenvalue weighted by Crippen LogP contribution is -2.15. The third kappa shape index (κ3) is 3.04. The van der Waals surface area contributed by atoms with Crippen LogP contribution in [-0.2, 0) is 6.18 Å². The van der Waals surface area contributed by atoms with Crippen LogP contribution in [0, 0.1) is 23.3 Å². The molecule has 0 aliphatic carbocycles. The maximum absolute atomic E-state index is 14.0. The van der Waals surface area contributed by atoms with Gasteiger partial charge in [0, 0.05) is 16.5 Å². The van der Waals surface area contributed by atoms with E-state index in [0.717, 1.165) is 0 Å². The van der Waals surface area contributed by atoms with Crippen molar-refractivity contribution in [2.75, 3.05) is 0 Å². The molecule has 0 bridgehead atoms. The molecule has 3 rings (SSSR count).